The van der Waals surface area contributed by atoms with Crippen molar-refractivity contribution >= 4 is 22.1 Å². The molecule has 7 nitrogen and oxygen atoms in total. The highest BCUT2D eigenvalue weighted by molar-refractivity contribution is 7.19. The van der Waals surface area contributed by atoms with Crippen molar-refractivity contribution in [3.63, 3.8) is 0 Å². The minimum atomic E-state index is -0.549. The number of aromatic nitrogens is 3. The zero-order valence-electron chi connectivity index (χ0n) is 14.6. The van der Waals surface area contributed by atoms with E-state index in [0.29, 0.717) is 4.83 Å². The van der Waals surface area contributed by atoms with Gasteiger partial charge >= 0.3 is 11.7 Å². The van der Waals surface area contributed by atoms with Gasteiger partial charge in [-0.15, -0.1) is 11.3 Å². The fourth-order valence-corrected chi connectivity index (χ4v) is 3.64. The number of pyridine rings is 1. The molecular formula is C20H15N3O4S. The third kappa shape index (κ3) is 3.63. The lowest BCUT2D eigenvalue weighted by Gasteiger charge is -2.05. The lowest BCUT2D eigenvalue weighted by molar-refractivity contribution is 0.0478. The molecule has 0 atom stereocenters. The molecule has 0 saturated heterocycles. The molecule has 0 unspecified atom stereocenters. The molecule has 3 aromatic heterocycles. The van der Waals surface area contributed by atoms with Gasteiger partial charge in [-0.1, -0.05) is 30.3 Å². The number of nitrogens with zero attached hydrogens (tertiary/aromatic N) is 3. The first-order chi connectivity index (χ1) is 13.6. The van der Waals surface area contributed by atoms with Crippen LogP contribution >= 0.6 is 11.3 Å². The average molecular weight is 393 g/mol. The summed E-state index contributed by atoms with van der Waals surface area (Å²) in [6, 6.07) is 14.1. The Bertz CT molecular complexity index is 1240. The molecule has 8 heteroatoms. The monoisotopic (exact) mass is 393 g/mol. The molecule has 0 fully saturated rings. The Labute approximate surface area is 163 Å². The molecule has 0 saturated carbocycles. The maximum absolute atomic E-state index is 12.7. The van der Waals surface area contributed by atoms with Gasteiger partial charge in [0.2, 0.25) is 0 Å². The van der Waals surface area contributed by atoms with Crippen LogP contribution in [0.15, 0.2) is 76.7 Å². The Morgan fingerprint density at radius 2 is 1.79 bits per heavy atom. The standard InChI is InChI=1S/C20H15N3O4S/c24-17-10-18-23(20(26)22(17)11-14-4-2-1-3-5-14)12-16(28-18)19(25)27-13-15-6-8-21-9-7-15/h1-10,12H,11,13H2. The molecule has 0 spiro atoms. The van der Waals surface area contributed by atoms with Gasteiger partial charge in [-0.05, 0) is 23.3 Å². The summed E-state index contributed by atoms with van der Waals surface area (Å²) in [6.45, 7) is 0.268. The third-order valence-corrected chi connectivity index (χ3v) is 5.17. The summed E-state index contributed by atoms with van der Waals surface area (Å²) in [4.78, 5) is 42.0. The Morgan fingerprint density at radius 3 is 2.54 bits per heavy atom. The minimum absolute atomic E-state index is 0.102. The lowest BCUT2D eigenvalue weighted by Crippen LogP contribution is -2.36. The van der Waals surface area contributed by atoms with Crippen LogP contribution in [0.4, 0.5) is 0 Å². The summed E-state index contributed by atoms with van der Waals surface area (Å²) >= 11 is 1.05. The first-order valence-corrected chi connectivity index (χ1v) is 9.29. The van der Waals surface area contributed by atoms with E-state index in [1.165, 1.54) is 16.7 Å². The van der Waals surface area contributed by atoms with Crippen molar-refractivity contribution < 1.29 is 9.53 Å². The van der Waals surface area contributed by atoms with E-state index >= 15 is 0 Å². The van der Waals surface area contributed by atoms with Crippen molar-refractivity contribution in [1.82, 2.24) is 14.0 Å². The molecule has 4 rings (SSSR count). The second-order valence-electron chi connectivity index (χ2n) is 6.07. The number of rotatable bonds is 5. The number of carbonyl (C=O) groups is 1. The summed E-state index contributed by atoms with van der Waals surface area (Å²) < 4.78 is 7.73. The minimum Gasteiger partial charge on any atom is -0.457 e. The summed E-state index contributed by atoms with van der Waals surface area (Å²) in [5.74, 6) is -0.549. The molecule has 28 heavy (non-hydrogen) atoms. The highest BCUT2D eigenvalue weighted by Gasteiger charge is 2.15. The van der Waals surface area contributed by atoms with Crippen LogP contribution in [0.2, 0.25) is 0 Å². The van der Waals surface area contributed by atoms with Gasteiger partial charge in [-0.3, -0.25) is 18.7 Å². The predicted octanol–water partition coefficient (Wildman–Crippen LogP) is 2.32. The molecule has 0 aliphatic heterocycles. The highest BCUT2D eigenvalue weighted by Crippen LogP contribution is 2.17. The molecule has 140 valence electrons. The maximum atomic E-state index is 12.7. The number of esters is 1. The van der Waals surface area contributed by atoms with E-state index in [9.17, 15) is 14.4 Å². The summed E-state index contributed by atoms with van der Waals surface area (Å²) in [6.07, 6.45) is 4.64. The number of benzene rings is 1. The molecule has 0 amide bonds. The second kappa shape index (κ2) is 7.61. The predicted molar refractivity (Wildman–Crippen MR) is 105 cm³/mol. The molecule has 1 aromatic carbocycles. The van der Waals surface area contributed by atoms with Crippen molar-refractivity contribution in [3.05, 3.63) is 104 Å². The topological polar surface area (TPSA) is 82.7 Å². The zero-order chi connectivity index (χ0) is 19.5. The number of hydrogen-bond acceptors (Lipinski definition) is 6. The van der Waals surface area contributed by atoms with Crippen LogP contribution in [0.25, 0.3) is 4.83 Å². The number of fused-ring (bicyclic) bond motifs is 1. The molecule has 4 aromatic rings. The van der Waals surface area contributed by atoms with E-state index in [-0.39, 0.29) is 18.0 Å². The smallest absolute Gasteiger partial charge is 0.350 e. The first kappa shape index (κ1) is 17.9. The Hall–Kier alpha value is -3.52. The van der Waals surface area contributed by atoms with Crippen molar-refractivity contribution in [1.29, 1.82) is 0 Å². The Kier molecular flexibility index (Phi) is 4.86. The van der Waals surface area contributed by atoms with E-state index in [4.69, 9.17) is 4.74 Å². The SMILES string of the molecule is O=C(OCc1ccncc1)c1cn2c(=O)n(Cc3ccccc3)c(=O)cc2s1. The fourth-order valence-electron chi connectivity index (χ4n) is 2.73. The van der Waals surface area contributed by atoms with Crippen LogP contribution in [-0.4, -0.2) is 19.9 Å². The molecule has 0 bridgehead atoms. The number of thiazole rings is 1. The number of hydrogen-bond donors (Lipinski definition) is 0. The van der Waals surface area contributed by atoms with E-state index < -0.39 is 17.2 Å². The van der Waals surface area contributed by atoms with Gasteiger partial charge in [0.05, 0.1) is 6.54 Å². The van der Waals surface area contributed by atoms with E-state index in [2.05, 4.69) is 4.98 Å². The van der Waals surface area contributed by atoms with Crippen LogP contribution < -0.4 is 11.2 Å². The molecule has 0 aliphatic carbocycles. The van der Waals surface area contributed by atoms with Crippen molar-refractivity contribution in [2.24, 2.45) is 0 Å². The van der Waals surface area contributed by atoms with Crippen molar-refractivity contribution in [2.45, 2.75) is 13.2 Å². The molecular weight excluding hydrogens is 378 g/mol. The van der Waals surface area contributed by atoms with Crippen LogP contribution in [0.5, 0.6) is 0 Å². The Balaban J connectivity index is 1.62. The maximum Gasteiger partial charge on any atom is 0.350 e. The van der Waals surface area contributed by atoms with Gasteiger partial charge in [-0.25, -0.2) is 9.59 Å². The lowest BCUT2D eigenvalue weighted by atomic mass is 10.2. The van der Waals surface area contributed by atoms with Gasteiger partial charge in [-0.2, -0.15) is 0 Å². The first-order valence-electron chi connectivity index (χ1n) is 8.48. The summed E-state index contributed by atoms with van der Waals surface area (Å²) in [5.41, 5.74) is 0.751. The molecule has 0 aliphatic rings. The van der Waals surface area contributed by atoms with Crippen LogP contribution in [0, 0.1) is 0 Å². The third-order valence-electron chi connectivity index (χ3n) is 4.15. The highest BCUT2D eigenvalue weighted by atomic mass is 32.1. The van der Waals surface area contributed by atoms with E-state index in [0.717, 1.165) is 27.0 Å². The molecule has 0 N–H and O–H groups in total. The average Bonchev–Trinajstić information content (AvgIpc) is 3.15. The number of carbonyl (C=O) groups excluding carboxylic acids is 1. The normalized spacial score (nSPS) is 10.9. The van der Waals surface area contributed by atoms with Crippen LogP contribution in [-0.2, 0) is 17.9 Å². The van der Waals surface area contributed by atoms with Gasteiger partial charge in [0.1, 0.15) is 16.3 Å². The largest absolute Gasteiger partial charge is 0.457 e. The number of ether oxygens (including phenoxy) is 1. The van der Waals surface area contributed by atoms with Crippen LogP contribution in [0.1, 0.15) is 20.8 Å². The van der Waals surface area contributed by atoms with Gasteiger partial charge in [0.15, 0.2) is 0 Å². The van der Waals surface area contributed by atoms with Gasteiger partial charge in [0.25, 0.3) is 5.56 Å². The molecule has 0 radical (unpaired) electrons. The summed E-state index contributed by atoms with van der Waals surface area (Å²) in [7, 11) is 0. The quantitative estimate of drug-likeness (QED) is 0.486. The van der Waals surface area contributed by atoms with E-state index in [1.807, 2.05) is 30.3 Å². The van der Waals surface area contributed by atoms with Crippen molar-refractivity contribution in [3.8, 4) is 0 Å². The Morgan fingerprint density at radius 1 is 1.04 bits per heavy atom. The molecule has 3 heterocycles. The van der Waals surface area contributed by atoms with Crippen molar-refractivity contribution in [2.75, 3.05) is 0 Å². The van der Waals surface area contributed by atoms with Crippen LogP contribution in [0.3, 0.4) is 0 Å². The second-order valence-corrected chi connectivity index (χ2v) is 7.13. The fraction of sp³-hybridized carbons (Fsp3) is 0.100. The van der Waals surface area contributed by atoms with Gasteiger partial charge < -0.3 is 4.74 Å². The zero-order valence-corrected chi connectivity index (χ0v) is 15.5. The summed E-state index contributed by atoms with van der Waals surface area (Å²) in [5, 5.41) is 0. The van der Waals surface area contributed by atoms with E-state index in [1.54, 1.807) is 24.5 Å². The van der Waals surface area contributed by atoms with Gasteiger partial charge in [0, 0.05) is 24.7 Å².